The van der Waals surface area contributed by atoms with Crippen molar-refractivity contribution in [1.82, 2.24) is 9.88 Å². The van der Waals surface area contributed by atoms with Crippen LogP contribution in [0.5, 0.6) is 5.75 Å². The van der Waals surface area contributed by atoms with Gasteiger partial charge in [0.1, 0.15) is 10.9 Å². The van der Waals surface area contributed by atoms with Gasteiger partial charge in [-0.2, -0.15) is 0 Å². The lowest BCUT2D eigenvalue weighted by Crippen LogP contribution is -2.26. The fourth-order valence-electron chi connectivity index (χ4n) is 1.73. The Morgan fingerprint density at radius 1 is 1.30 bits per heavy atom. The van der Waals surface area contributed by atoms with Crippen LogP contribution in [0.3, 0.4) is 0 Å². The van der Waals surface area contributed by atoms with Crippen molar-refractivity contribution in [2.75, 3.05) is 7.05 Å². The lowest BCUT2D eigenvalue weighted by Gasteiger charge is -2.18. The van der Waals surface area contributed by atoms with Crippen molar-refractivity contribution >= 4 is 29.1 Å². The number of aromatic nitrogens is 1. The van der Waals surface area contributed by atoms with Crippen LogP contribution in [0, 0.1) is 0 Å². The van der Waals surface area contributed by atoms with E-state index in [0.717, 1.165) is 5.56 Å². The van der Waals surface area contributed by atoms with Gasteiger partial charge in [-0.15, -0.1) is 0 Å². The predicted molar refractivity (Wildman–Crippen MR) is 78.2 cm³/mol. The molecule has 0 bridgehead atoms. The maximum Gasteiger partial charge on any atom is 0.255 e. The van der Waals surface area contributed by atoms with Crippen LogP contribution in [0.15, 0.2) is 36.5 Å². The molecule has 20 heavy (non-hydrogen) atoms. The van der Waals surface area contributed by atoms with E-state index in [2.05, 4.69) is 4.98 Å². The summed E-state index contributed by atoms with van der Waals surface area (Å²) in [6, 6.07) is 8.09. The SMILES string of the molecule is CN(Cc1ccc(O)cc1)C(=O)c1cc(Cl)ncc1Cl. The fourth-order valence-corrected chi connectivity index (χ4v) is 2.07. The molecular formula is C14H12Cl2N2O2. The Bertz CT molecular complexity index is 630. The Kier molecular flexibility index (Phi) is 4.47. The maximum absolute atomic E-state index is 12.3. The summed E-state index contributed by atoms with van der Waals surface area (Å²) >= 11 is 11.7. The summed E-state index contributed by atoms with van der Waals surface area (Å²) < 4.78 is 0. The van der Waals surface area contributed by atoms with E-state index in [0.29, 0.717) is 12.1 Å². The quantitative estimate of drug-likeness (QED) is 0.884. The number of benzene rings is 1. The van der Waals surface area contributed by atoms with Gasteiger partial charge in [0.05, 0.1) is 10.6 Å². The van der Waals surface area contributed by atoms with E-state index >= 15 is 0 Å². The van der Waals surface area contributed by atoms with Gasteiger partial charge in [-0.3, -0.25) is 4.79 Å². The van der Waals surface area contributed by atoms with Crippen molar-refractivity contribution < 1.29 is 9.90 Å². The molecule has 1 amide bonds. The molecule has 2 aromatic rings. The van der Waals surface area contributed by atoms with Gasteiger partial charge in [-0.05, 0) is 23.8 Å². The van der Waals surface area contributed by atoms with Gasteiger partial charge in [0.25, 0.3) is 5.91 Å². The predicted octanol–water partition coefficient (Wildman–Crippen LogP) is 3.37. The monoisotopic (exact) mass is 310 g/mol. The van der Waals surface area contributed by atoms with Crippen molar-refractivity contribution in [2.24, 2.45) is 0 Å². The highest BCUT2D eigenvalue weighted by molar-refractivity contribution is 6.35. The highest BCUT2D eigenvalue weighted by Gasteiger charge is 2.16. The number of rotatable bonds is 3. The molecule has 1 aromatic heterocycles. The highest BCUT2D eigenvalue weighted by atomic mass is 35.5. The Morgan fingerprint density at radius 3 is 2.60 bits per heavy atom. The smallest absolute Gasteiger partial charge is 0.255 e. The highest BCUT2D eigenvalue weighted by Crippen LogP contribution is 2.20. The van der Waals surface area contributed by atoms with E-state index in [4.69, 9.17) is 23.2 Å². The zero-order chi connectivity index (χ0) is 14.7. The number of nitrogens with zero attached hydrogens (tertiary/aromatic N) is 2. The molecule has 0 radical (unpaired) electrons. The molecule has 2 rings (SSSR count). The molecule has 0 saturated heterocycles. The first-order valence-electron chi connectivity index (χ1n) is 5.82. The number of amides is 1. The van der Waals surface area contributed by atoms with Crippen LogP contribution >= 0.6 is 23.2 Å². The van der Waals surface area contributed by atoms with E-state index in [-0.39, 0.29) is 21.8 Å². The van der Waals surface area contributed by atoms with E-state index in [1.54, 1.807) is 31.3 Å². The number of hydrogen-bond acceptors (Lipinski definition) is 3. The second kappa shape index (κ2) is 6.11. The molecule has 0 fully saturated rings. The van der Waals surface area contributed by atoms with Gasteiger partial charge in [0, 0.05) is 19.8 Å². The average Bonchev–Trinajstić information content (AvgIpc) is 2.43. The molecule has 4 nitrogen and oxygen atoms in total. The van der Waals surface area contributed by atoms with Crippen molar-refractivity contribution in [2.45, 2.75) is 6.54 Å². The van der Waals surface area contributed by atoms with Gasteiger partial charge in [-0.25, -0.2) is 4.98 Å². The summed E-state index contributed by atoms with van der Waals surface area (Å²) in [6.45, 7) is 0.398. The first-order valence-corrected chi connectivity index (χ1v) is 6.57. The summed E-state index contributed by atoms with van der Waals surface area (Å²) in [7, 11) is 1.67. The van der Waals surface area contributed by atoms with E-state index in [1.165, 1.54) is 17.2 Å². The Morgan fingerprint density at radius 2 is 1.95 bits per heavy atom. The standard InChI is InChI=1S/C14H12Cl2N2O2/c1-18(8-9-2-4-10(19)5-3-9)14(20)11-6-13(16)17-7-12(11)15/h2-7,19H,8H2,1H3. The number of pyridine rings is 1. The second-order valence-electron chi connectivity index (χ2n) is 4.31. The topological polar surface area (TPSA) is 53.4 Å². The van der Waals surface area contributed by atoms with Crippen molar-refractivity contribution in [1.29, 1.82) is 0 Å². The van der Waals surface area contributed by atoms with Gasteiger partial charge in [0.2, 0.25) is 0 Å². The molecule has 0 aliphatic heterocycles. The zero-order valence-corrected chi connectivity index (χ0v) is 12.2. The van der Waals surface area contributed by atoms with E-state index in [9.17, 15) is 9.90 Å². The molecule has 0 spiro atoms. The van der Waals surface area contributed by atoms with Crippen LogP contribution in [0.2, 0.25) is 10.2 Å². The van der Waals surface area contributed by atoms with Crippen LogP contribution < -0.4 is 0 Å². The third kappa shape index (κ3) is 3.40. The number of carbonyl (C=O) groups is 1. The zero-order valence-electron chi connectivity index (χ0n) is 10.7. The number of halogens is 2. The lowest BCUT2D eigenvalue weighted by atomic mass is 10.2. The maximum atomic E-state index is 12.3. The number of carbonyl (C=O) groups excluding carboxylic acids is 1. The van der Waals surface area contributed by atoms with Crippen LogP contribution in [0.25, 0.3) is 0 Å². The lowest BCUT2D eigenvalue weighted by molar-refractivity contribution is 0.0785. The Hall–Kier alpha value is -1.78. The van der Waals surface area contributed by atoms with Crippen molar-refractivity contribution in [3.63, 3.8) is 0 Å². The summed E-state index contributed by atoms with van der Waals surface area (Å²) in [5.41, 5.74) is 1.21. The third-order valence-electron chi connectivity index (χ3n) is 2.76. The van der Waals surface area contributed by atoms with Crippen molar-refractivity contribution in [3.05, 3.63) is 57.8 Å². The van der Waals surface area contributed by atoms with Gasteiger partial charge < -0.3 is 10.0 Å². The minimum atomic E-state index is -0.243. The van der Waals surface area contributed by atoms with Gasteiger partial charge >= 0.3 is 0 Å². The molecule has 1 heterocycles. The van der Waals surface area contributed by atoms with E-state index in [1.807, 2.05) is 0 Å². The van der Waals surface area contributed by atoms with Crippen LogP contribution in [0.4, 0.5) is 0 Å². The van der Waals surface area contributed by atoms with Crippen molar-refractivity contribution in [3.8, 4) is 5.75 Å². The molecule has 1 aromatic carbocycles. The van der Waals surface area contributed by atoms with Crippen LogP contribution in [0.1, 0.15) is 15.9 Å². The van der Waals surface area contributed by atoms with Gasteiger partial charge in [0.15, 0.2) is 0 Å². The molecule has 1 N–H and O–H groups in total. The second-order valence-corrected chi connectivity index (χ2v) is 5.11. The number of phenols is 1. The molecule has 0 atom stereocenters. The number of hydrogen-bond donors (Lipinski definition) is 1. The number of phenolic OH excluding ortho intramolecular Hbond substituents is 1. The average molecular weight is 311 g/mol. The largest absolute Gasteiger partial charge is 0.508 e. The first-order chi connectivity index (χ1) is 9.47. The third-order valence-corrected chi connectivity index (χ3v) is 3.26. The normalized spacial score (nSPS) is 10.3. The molecule has 0 aliphatic carbocycles. The Labute approximate surface area is 126 Å². The summed E-state index contributed by atoms with van der Waals surface area (Å²) in [4.78, 5) is 17.6. The van der Waals surface area contributed by atoms with Gasteiger partial charge in [-0.1, -0.05) is 35.3 Å². The summed E-state index contributed by atoms with van der Waals surface area (Å²) in [5, 5.41) is 9.70. The molecule has 0 unspecified atom stereocenters. The number of aromatic hydroxyl groups is 1. The van der Waals surface area contributed by atoms with E-state index < -0.39 is 0 Å². The minimum absolute atomic E-state index is 0.187. The molecular weight excluding hydrogens is 299 g/mol. The Balaban J connectivity index is 2.16. The molecule has 0 aliphatic rings. The summed E-state index contributed by atoms with van der Waals surface area (Å²) in [5.74, 6) is -0.0564. The molecule has 104 valence electrons. The molecule has 0 saturated carbocycles. The fraction of sp³-hybridized carbons (Fsp3) is 0.143. The minimum Gasteiger partial charge on any atom is -0.508 e. The molecule has 6 heteroatoms. The van der Waals surface area contributed by atoms with Crippen LogP contribution in [-0.2, 0) is 6.54 Å². The summed E-state index contributed by atoms with van der Waals surface area (Å²) in [6.07, 6.45) is 1.35. The van der Waals surface area contributed by atoms with Crippen LogP contribution in [-0.4, -0.2) is 27.9 Å². The first kappa shape index (κ1) is 14.6.